The molecule has 2 heterocycles. The monoisotopic (exact) mass is 468 g/mol. The van der Waals surface area contributed by atoms with Crippen LogP contribution in [-0.4, -0.2) is 31.7 Å². The van der Waals surface area contributed by atoms with E-state index in [0.29, 0.717) is 30.8 Å². The van der Waals surface area contributed by atoms with Gasteiger partial charge in [0.25, 0.3) is 0 Å². The van der Waals surface area contributed by atoms with Crippen LogP contribution in [0.4, 0.5) is 5.69 Å². The number of carbonyl (C=O) groups excluding carboxylic acids is 1. The third kappa shape index (κ3) is 4.51. The number of hydrogen-bond acceptors (Lipinski definition) is 4. The van der Waals surface area contributed by atoms with E-state index in [2.05, 4.69) is 5.32 Å². The van der Waals surface area contributed by atoms with Gasteiger partial charge in [-0.25, -0.2) is 8.42 Å². The molecule has 1 aliphatic rings. The molecule has 1 N–H and O–H groups in total. The molecule has 1 amide bonds. The van der Waals surface area contributed by atoms with E-state index in [-0.39, 0.29) is 11.8 Å². The third-order valence-electron chi connectivity index (χ3n) is 6.00. The van der Waals surface area contributed by atoms with Gasteiger partial charge in [0.05, 0.1) is 4.90 Å². The van der Waals surface area contributed by atoms with Gasteiger partial charge < -0.3 is 5.32 Å². The lowest BCUT2D eigenvalue weighted by Gasteiger charge is -2.31. The smallest absolute Gasteiger partial charge is 0.243 e. The number of nitrogens with one attached hydrogen (secondary N) is 1. The number of hydrogen-bond donors (Lipinski definition) is 1. The molecule has 1 aromatic heterocycles. The number of sulfonamides is 1. The van der Waals surface area contributed by atoms with Crippen LogP contribution in [0.1, 0.15) is 29.5 Å². The number of nitrogens with zero attached hydrogens (tertiary/aromatic N) is 1. The fraction of sp³-hybridized carbons (Fsp3) is 0.320. The lowest BCUT2D eigenvalue weighted by Crippen LogP contribution is -2.41. The van der Waals surface area contributed by atoms with Crippen LogP contribution in [0.15, 0.2) is 58.8 Å². The average molecular weight is 469 g/mol. The fourth-order valence-electron chi connectivity index (χ4n) is 4.53. The lowest BCUT2D eigenvalue weighted by atomic mass is 9.97. The molecule has 0 bridgehead atoms. The maximum Gasteiger partial charge on any atom is 0.243 e. The number of rotatable bonds is 5. The maximum atomic E-state index is 13.3. The van der Waals surface area contributed by atoms with E-state index in [0.717, 1.165) is 32.8 Å². The summed E-state index contributed by atoms with van der Waals surface area (Å²) in [5.41, 5.74) is 4.39. The summed E-state index contributed by atoms with van der Waals surface area (Å²) in [6.07, 6.45) is 1.02. The number of benzene rings is 2. The van der Waals surface area contributed by atoms with Crippen LogP contribution in [0.25, 0.3) is 10.4 Å². The van der Waals surface area contributed by atoms with Gasteiger partial charge >= 0.3 is 0 Å². The Morgan fingerprint density at radius 1 is 1.00 bits per heavy atom. The predicted molar refractivity (Wildman–Crippen MR) is 131 cm³/mol. The minimum atomic E-state index is -3.58. The minimum Gasteiger partial charge on any atom is -0.325 e. The molecule has 0 spiro atoms. The van der Waals surface area contributed by atoms with Crippen molar-refractivity contribution in [2.45, 2.75) is 38.5 Å². The van der Waals surface area contributed by atoms with Crippen molar-refractivity contribution < 1.29 is 13.2 Å². The highest BCUT2D eigenvalue weighted by Crippen LogP contribution is 2.33. The molecule has 1 saturated heterocycles. The highest BCUT2D eigenvalue weighted by molar-refractivity contribution is 7.89. The van der Waals surface area contributed by atoms with E-state index in [1.165, 1.54) is 4.31 Å². The predicted octanol–water partition coefficient (Wildman–Crippen LogP) is 5.38. The Kier molecular flexibility index (Phi) is 6.51. The molecule has 3 aromatic rings. The summed E-state index contributed by atoms with van der Waals surface area (Å²) < 4.78 is 28.1. The molecule has 0 atom stereocenters. The Balaban J connectivity index is 1.45. The zero-order valence-electron chi connectivity index (χ0n) is 18.6. The Bertz CT molecular complexity index is 1200. The highest BCUT2D eigenvalue weighted by Gasteiger charge is 2.33. The lowest BCUT2D eigenvalue weighted by molar-refractivity contribution is -0.120. The quantitative estimate of drug-likeness (QED) is 0.547. The SMILES string of the molecule is Cc1cc(C)c(S(=O)(=O)N2CCC(C(=O)Nc3ccccc3-c3cccs3)CC2)c(C)c1. The number of piperidine rings is 1. The first-order chi connectivity index (χ1) is 15.3. The van der Waals surface area contributed by atoms with Crippen molar-refractivity contribution in [3.63, 3.8) is 0 Å². The second-order valence-electron chi connectivity index (χ2n) is 8.42. The summed E-state index contributed by atoms with van der Waals surface area (Å²) in [6.45, 7) is 6.35. The molecule has 1 fully saturated rings. The van der Waals surface area contributed by atoms with Gasteiger partial charge in [0.15, 0.2) is 0 Å². The van der Waals surface area contributed by atoms with Crippen molar-refractivity contribution in [1.29, 1.82) is 0 Å². The van der Waals surface area contributed by atoms with Gasteiger partial charge in [-0.1, -0.05) is 42.0 Å². The van der Waals surface area contributed by atoms with Crippen LogP contribution in [0.3, 0.4) is 0 Å². The summed E-state index contributed by atoms with van der Waals surface area (Å²) >= 11 is 1.63. The van der Waals surface area contributed by atoms with Gasteiger partial charge in [0.1, 0.15) is 0 Å². The van der Waals surface area contributed by atoms with Gasteiger partial charge in [-0.2, -0.15) is 4.31 Å². The first-order valence-electron chi connectivity index (χ1n) is 10.8. The number of thiophene rings is 1. The van der Waals surface area contributed by atoms with Gasteiger partial charge in [-0.05, 0) is 62.3 Å². The summed E-state index contributed by atoms with van der Waals surface area (Å²) in [4.78, 5) is 14.5. The van der Waals surface area contributed by atoms with Crippen LogP contribution in [-0.2, 0) is 14.8 Å². The molecule has 32 heavy (non-hydrogen) atoms. The van der Waals surface area contributed by atoms with Gasteiger partial charge in [0, 0.05) is 35.1 Å². The van der Waals surface area contributed by atoms with E-state index in [9.17, 15) is 13.2 Å². The normalized spacial score (nSPS) is 15.6. The Morgan fingerprint density at radius 3 is 2.28 bits per heavy atom. The Labute approximate surface area is 194 Å². The van der Waals surface area contributed by atoms with Gasteiger partial charge in [0.2, 0.25) is 15.9 Å². The average Bonchev–Trinajstić information content (AvgIpc) is 3.28. The van der Waals surface area contributed by atoms with E-state index < -0.39 is 10.0 Å². The minimum absolute atomic E-state index is 0.0475. The van der Waals surface area contributed by atoms with E-state index in [4.69, 9.17) is 0 Å². The van der Waals surface area contributed by atoms with Crippen molar-refractivity contribution in [1.82, 2.24) is 4.31 Å². The second-order valence-corrected chi connectivity index (χ2v) is 11.2. The summed E-state index contributed by atoms with van der Waals surface area (Å²) in [6, 6.07) is 15.6. The van der Waals surface area contributed by atoms with Crippen molar-refractivity contribution in [3.8, 4) is 10.4 Å². The molecular formula is C25H28N2O3S2. The van der Waals surface area contributed by atoms with Crippen molar-refractivity contribution in [3.05, 3.63) is 70.6 Å². The summed E-state index contributed by atoms with van der Waals surface area (Å²) in [5, 5.41) is 5.09. The van der Waals surface area contributed by atoms with Crippen molar-refractivity contribution >= 4 is 33.0 Å². The zero-order chi connectivity index (χ0) is 22.9. The summed E-state index contributed by atoms with van der Waals surface area (Å²) in [5.74, 6) is -0.258. The fourth-order valence-corrected chi connectivity index (χ4v) is 7.18. The molecule has 7 heteroatoms. The molecule has 4 rings (SSSR count). The highest BCUT2D eigenvalue weighted by atomic mass is 32.2. The standard InChI is InChI=1S/C25H28N2O3S2/c1-17-15-18(2)24(19(3)16-17)32(29,30)27-12-10-20(11-13-27)25(28)26-22-8-5-4-7-21(22)23-9-6-14-31-23/h4-9,14-16,20H,10-13H2,1-3H3,(H,26,28). The topological polar surface area (TPSA) is 66.5 Å². The molecule has 2 aromatic carbocycles. The van der Waals surface area contributed by atoms with Crippen LogP contribution in [0, 0.1) is 26.7 Å². The molecular weight excluding hydrogens is 440 g/mol. The van der Waals surface area contributed by atoms with Gasteiger partial charge in [-0.3, -0.25) is 4.79 Å². The third-order valence-corrected chi connectivity index (χ3v) is 9.11. The van der Waals surface area contributed by atoms with Crippen molar-refractivity contribution in [2.75, 3.05) is 18.4 Å². The molecule has 1 aliphatic heterocycles. The van der Waals surface area contributed by atoms with Gasteiger partial charge in [-0.15, -0.1) is 11.3 Å². The molecule has 5 nitrogen and oxygen atoms in total. The Hall–Kier alpha value is -2.48. The largest absolute Gasteiger partial charge is 0.325 e. The number of aryl methyl sites for hydroxylation is 3. The number of amides is 1. The second kappa shape index (κ2) is 9.17. The number of anilines is 1. The Morgan fingerprint density at radius 2 is 1.66 bits per heavy atom. The maximum absolute atomic E-state index is 13.3. The molecule has 0 aliphatic carbocycles. The number of para-hydroxylation sites is 1. The van der Waals surface area contributed by atoms with Crippen LogP contribution < -0.4 is 5.32 Å². The zero-order valence-corrected chi connectivity index (χ0v) is 20.2. The van der Waals surface area contributed by atoms with E-state index >= 15 is 0 Å². The van der Waals surface area contributed by atoms with E-state index in [1.807, 2.05) is 74.7 Å². The van der Waals surface area contributed by atoms with Crippen LogP contribution >= 0.6 is 11.3 Å². The molecule has 0 saturated carbocycles. The molecule has 0 unspecified atom stereocenters. The van der Waals surface area contributed by atoms with Crippen LogP contribution in [0.5, 0.6) is 0 Å². The molecule has 0 radical (unpaired) electrons. The first kappa shape index (κ1) is 22.7. The van der Waals surface area contributed by atoms with E-state index in [1.54, 1.807) is 11.3 Å². The molecule has 168 valence electrons. The van der Waals surface area contributed by atoms with Crippen molar-refractivity contribution in [2.24, 2.45) is 5.92 Å². The first-order valence-corrected chi connectivity index (χ1v) is 13.1. The van der Waals surface area contributed by atoms with Crippen LogP contribution in [0.2, 0.25) is 0 Å². The number of carbonyl (C=O) groups is 1. The summed E-state index contributed by atoms with van der Waals surface area (Å²) in [7, 11) is -3.58.